The molecule has 0 unspecified atom stereocenters. The molecular formula is C19H24N2O5S. The van der Waals surface area contributed by atoms with Crippen LogP contribution < -0.4 is 14.8 Å². The van der Waals surface area contributed by atoms with Crippen LogP contribution in [0.15, 0.2) is 45.9 Å². The summed E-state index contributed by atoms with van der Waals surface area (Å²) in [7, 11) is -2.38. The molecule has 1 aliphatic carbocycles. The van der Waals surface area contributed by atoms with Gasteiger partial charge in [0.2, 0.25) is 10.0 Å². The molecule has 8 heteroatoms. The Bertz CT molecular complexity index is 872. The average molecular weight is 392 g/mol. The summed E-state index contributed by atoms with van der Waals surface area (Å²) in [4.78, 5) is 12.4. The molecule has 1 aliphatic rings. The molecule has 1 aromatic heterocycles. The molecule has 1 fully saturated rings. The number of furan rings is 1. The Morgan fingerprint density at radius 1 is 1.22 bits per heavy atom. The van der Waals surface area contributed by atoms with Crippen LogP contribution in [0.5, 0.6) is 5.75 Å². The number of amides is 1. The quantitative estimate of drug-likeness (QED) is 0.755. The molecule has 2 N–H and O–H groups in total. The van der Waals surface area contributed by atoms with Crippen molar-refractivity contribution in [2.75, 3.05) is 7.11 Å². The van der Waals surface area contributed by atoms with Gasteiger partial charge >= 0.3 is 0 Å². The number of benzene rings is 1. The number of sulfonamides is 1. The number of carbonyl (C=O) groups is 1. The zero-order valence-electron chi connectivity index (χ0n) is 15.2. The summed E-state index contributed by atoms with van der Waals surface area (Å²) in [6, 6.07) is 7.79. The second kappa shape index (κ2) is 8.58. The molecule has 1 heterocycles. The lowest BCUT2D eigenvalue weighted by atomic mass is 9.96. The number of hydrogen-bond acceptors (Lipinski definition) is 5. The van der Waals surface area contributed by atoms with Gasteiger partial charge in [0.1, 0.15) is 16.4 Å². The van der Waals surface area contributed by atoms with Crippen molar-refractivity contribution >= 4 is 15.9 Å². The van der Waals surface area contributed by atoms with Gasteiger partial charge in [0, 0.05) is 11.6 Å². The van der Waals surface area contributed by atoms with E-state index < -0.39 is 10.0 Å². The lowest BCUT2D eigenvalue weighted by molar-refractivity contribution is 0.0947. The van der Waals surface area contributed by atoms with Gasteiger partial charge in [-0.05, 0) is 43.2 Å². The van der Waals surface area contributed by atoms with Crippen LogP contribution >= 0.6 is 0 Å². The largest absolute Gasteiger partial charge is 0.495 e. The van der Waals surface area contributed by atoms with Gasteiger partial charge in [-0.1, -0.05) is 19.3 Å². The standard InChI is InChI=1S/C19H24N2O5S/c1-25-17-10-9-14(19(22)20-13-16-8-5-11-26-16)12-18(17)27(23,24)21-15-6-3-2-4-7-15/h5,8-12,15,21H,2-4,6-7,13H2,1H3,(H,20,22). The minimum absolute atomic E-state index is 0.0266. The third-order valence-electron chi connectivity index (χ3n) is 4.65. The van der Waals surface area contributed by atoms with Crippen LogP contribution in [0, 0.1) is 0 Å². The van der Waals surface area contributed by atoms with E-state index in [0.717, 1.165) is 32.1 Å². The Morgan fingerprint density at radius 2 is 2.00 bits per heavy atom. The highest BCUT2D eigenvalue weighted by atomic mass is 32.2. The first kappa shape index (κ1) is 19.4. The maximum Gasteiger partial charge on any atom is 0.251 e. The fourth-order valence-electron chi connectivity index (χ4n) is 3.21. The Hall–Kier alpha value is -2.32. The molecule has 0 aliphatic heterocycles. The van der Waals surface area contributed by atoms with Gasteiger partial charge in [-0.25, -0.2) is 13.1 Å². The third kappa shape index (κ3) is 4.90. The highest BCUT2D eigenvalue weighted by Gasteiger charge is 2.26. The fourth-order valence-corrected chi connectivity index (χ4v) is 4.71. The van der Waals surface area contributed by atoms with E-state index in [0.29, 0.717) is 5.76 Å². The van der Waals surface area contributed by atoms with E-state index in [-0.39, 0.29) is 34.7 Å². The molecule has 7 nitrogen and oxygen atoms in total. The Morgan fingerprint density at radius 3 is 2.67 bits per heavy atom. The second-order valence-electron chi connectivity index (χ2n) is 6.58. The predicted octanol–water partition coefficient (Wildman–Crippen LogP) is 2.83. The smallest absolute Gasteiger partial charge is 0.251 e. The number of methoxy groups -OCH3 is 1. The summed E-state index contributed by atoms with van der Waals surface area (Å²) in [6.07, 6.45) is 6.33. The number of rotatable bonds is 7. The van der Waals surface area contributed by atoms with Crippen LogP contribution in [-0.2, 0) is 16.6 Å². The van der Waals surface area contributed by atoms with Crippen LogP contribution in [-0.4, -0.2) is 27.5 Å². The van der Waals surface area contributed by atoms with E-state index in [2.05, 4.69) is 10.0 Å². The molecule has 0 spiro atoms. The van der Waals surface area contributed by atoms with Crippen molar-refractivity contribution in [1.82, 2.24) is 10.0 Å². The van der Waals surface area contributed by atoms with E-state index in [1.54, 1.807) is 12.1 Å². The first-order valence-corrected chi connectivity index (χ1v) is 10.5. The Kier molecular flexibility index (Phi) is 6.18. The zero-order valence-corrected chi connectivity index (χ0v) is 16.1. The van der Waals surface area contributed by atoms with Gasteiger partial charge in [-0.15, -0.1) is 0 Å². The van der Waals surface area contributed by atoms with Gasteiger partial charge in [-0.3, -0.25) is 4.79 Å². The summed E-state index contributed by atoms with van der Waals surface area (Å²) in [5.41, 5.74) is 0.242. The number of nitrogens with one attached hydrogen (secondary N) is 2. The van der Waals surface area contributed by atoms with Crippen LogP contribution in [0.2, 0.25) is 0 Å². The Labute approximate surface area is 159 Å². The molecule has 0 radical (unpaired) electrons. The summed E-state index contributed by atoms with van der Waals surface area (Å²) in [5.74, 6) is 0.438. The van der Waals surface area contributed by atoms with Crippen molar-refractivity contribution in [3.8, 4) is 5.75 Å². The molecule has 3 rings (SSSR count). The molecule has 27 heavy (non-hydrogen) atoms. The van der Waals surface area contributed by atoms with Gasteiger partial charge in [0.25, 0.3) is 5.91 Å². The number of hydrogen-bond donors (Lipinski definition) is 2. The molecule has 0 saturated heterocycles. The minimum atomic E-state index is -3.79. The van der Waals surface area contributed by atoms with Crippen LogP contribution in [0.1, 0.15) is 48.2 Å². The van der Waals surface area contributed by atoms with Crippen molar-refractivity contribution < 1.29 is 22.4 Å². The van der Waals surface area contributed by atoms with Crippen molar-refractivity contribution in [3.05, 3.63) is 47.9 Å². The minimum Gasteiger partial charge on any atom is -0.495 e. The van der Waals surface area contributed by atoms with Gasteiger partial charge < -0.3 is 14.5 Å². The second-order valence-corrected chi connectivity index (χ2v) is 8.27. The van der Waals surface area contributed by atoms with Crippen LogP contribution in [0.25, 0.3) is 0 Å². The SMILES string of the molecule is COc1ccc(C(=O)NCc2ccco2)cc1S(=O)(=O)NC1CCCCC1. The van der Waals surface area contributed by atoms with E-state index in [9.17, 15) is 13.2 Å². The molecule has 1 amide bonds. The lowest BCUT2D eigenvalue weighted by Crippen LogP contribution is -2.36. The van der Waals surface area contributed by atoms with Crippen molar-refractivity contribution in [3.63, 3.8) is 0 Å². The van der Waals surface area contributed by atoms with E-state index in [1.165, 1.54) is 31.6 Å². The van der Waals surface area contributed by atoms with E-state index in [1.807, 2.05) is 0 Å². The monoisotopic (exact) mass is 392 g/mol. The van der Waals surface area contributed by atoms with Crippen molar-refractivity contribution in [2.45, 2.75) is 49.6 Å². The lowest BCUT2D eigenvalue weighted by Gasteiger charge is -2.23. The average Bonchev–Trinajstić information content (AvgIpc) is 3.19. The van der Waals surface area contributed by atoms with Gasteiger partial charge in [0.05, 0.1) is 19.9 Å². The topological polar surface area (TPSA) is 97.6 Å². The Balaban J connectivity index is 1.78. The van der Waals surface area contributed by atoms with Crippen LogP contribution in [0.4, 0.5) is 0 Å². The summed E-state index contributed by atoms with van der Waals surface area (Å²) in [5, 5.41) is 2.71. The normalized spacial score (nSPS) is 15.4. The van der Waals surface area contributed by atoms with Crippen molar-refractivity contribution in [2.24, 2.45) is 0 Å². The highest BCUT2D eigenvalue weighted by Crippen LogP contribution is 2.27. The van der Waals surface area contributed by atoms with Gasteiger partial charge in [0.15, 0.2) is 0 Å². The number of ether oxygens (including phenoxy) is 1. The molecule has 1 saturated carbocycles. The first-order valence-electron chi connectivity index (χ1n) is 9.00. The first-order chi connectivity index (χ1) is 13.0. The molecule has 0 bridgehead atoms. The maximum atomic E-state index is 12.9. The van der Waals surface area contributed by atoms with Crippen molar-refractivity contribution in [1.29, 1.82) is 0 Å². The summed E-state index contributed by atoms with van der Waals surface area (Å²) < 4.78 is 38.9. The molecule has 146 valence electrons. The van der Waals surface area contributed by atoms with E-state index >= 15 is 0 Å². The van der Waals surface area contributed by atoms with E-state index in [4.69, 9.17) is 9.15 Å². The maximum absolute atomic E-state index is 12.9. The molecular weight excluding hydrogens is 368 g/mol. The molecule has 1 aromatic carbocycles. The third-order valence-corrected chi connectivity index (χ3v) is 6.19. The molecule has 0 atom stereocenters. The predicted molar refractivity (Wildman–Crippen MR) is 100 cm³/mol. The summed E-state index contributed by atoms with van der Waals surface area (Å²) in [6.45, 7) is 0.222. The fraction of sp³-hybridized carbons (Fsp3) is 0.421. The summed E-state index contributed by atoms with van der Waals surface area (Å²) >= 11 is 0. The number of carbonyl (C=O) groups excluding carboxylic acids is 1. The van der Waals surface area contributed by atoms with Gasteiger partial charge in [-0.2, -0.15) is 0 Å². The van der Waals surface area contributed by atoms with Crippen LogP contribution in [0.3, 0.4) is 0 Å². The molecule has 2 aromatic rings. The zero-order chi connectivity index (χ0) is 19.3. The highest BCUT2D eigenvalue weighted by molar-refractivity contribution is 7.89.